The molecule has 5 rings (SSSR count). The van der Waals surface area contributed by atoms with Crippen molar-refractivity contribution in [3.8, 4) is 11.3 Å². The average molecular weight is 355 g/mol. The largest absolute Gasteiger partial charge is 0.371 e. The lowest BCUT2D eigenvalue weighted by atomic mass is 9.98. The molecule has 0 N–H and O–H groups in total. The van der Waals surface area contributed by atoms with E-state index in [9.17, 15) is 0 Å². The van der Waals surface area contributed by atoms with E-state index in [2.05, 4.69) is 63.8 Å². The van der Waals surface area contributed by atoms with E-state index in [-0.39, 0.29) is 0 Å². The van der Waals surface area contributed by atoms with Crippen LogP contribution in [-0.2, 0) is 0 Å². The number of allylic oxidation sites excluding steroid dienone is 1. The van der Waals surface area contributed by atoms with Gasteiger partial charge >= 0.3 is 0 Å². The van der Waals surface area contributed by atoms with Crippen LogP contribution >= 0.6 is 0 Å². The van der Waals surface area contributed by atoms with Crippen LogP contribution in [0.4, 0.5) is 0 Å². The molecule has 1 aliphatic carbocycles. The van der Waals surface area contributed by atoms with E-state index < -0.39 is 0 Å². The van der Waals surface area contributed by atoms with Gasteiger partial charge in [0.15, 0.2) is 0 Å². The van der Waals surface area contributed by atoms with Gasteiger partial charge in [-0.05, 0) is 60.1 Å². The fourth-order valence-corrected chi connectivity index (χ4v) is 4.38. The number of benzene rings is 1. The van der Waals surface area contributed by atoms with Crippen LogP contribution in [0.5, 0.6) is 0 Å². The minimum atomic E-state index is 0.513. The van der Waals surface area contributed by atoms with E-state index in [1.165, 1.54) is 40.7 Å². The van der Waals surface area contributed by atoms with E-state index in [1.807, 2.05) is 18.6 Å². The van der Waals surface area contributed by atoms with Gasteiger partial charge in [0.05, 0.1) is 17.5 Å². The van der Waals surface area contributed by atoms with Gasteiger partial charge in [0.25, 0.3) is 0 Å². The first kappa shape index (κ1) is 16.4. The van der Waals surface area contributed by atoms with Crippen LogP contribution in [-0.4, -0.2) is 27.4 Å². The van der Waals surface area contributed by atoms with Crippen molar-refractivity contribution in [2.45, 2.75) is 31.1 Å². The highest BCUT2D eigenvalue weighted by Gasteiger charge is 2.27. The van der Waals surface area contributed by atoms with Gasteiger partial charge < -0.3 is 9.30 Å². The summed E-state index contributed by atoms with van der Waals surface area (Å²) in [6, 6.07) is 13.7. The fourth-order valence-electron chi connectivity index (χ4n) is 4.38. The molecule has 1 atom stereocenters. The standard InChI is InChI=1S/C24H25N3/c1-3-17(2)26-13-11-21(15-26)22-14-24(27-16-25-12-10-23(22)27)20-8-6-19(7-9-20)18-4-5-18/h3,6-10,12,14,16,18,21H,1-2,4-5,11,13,15H2. The summed E-state index contributed by atoms with van der Waals surface area (Å²) in [6.45, 7) is 10.0. The predicted molar refractivity (Wildman–Crippen MR) is 111 cm³/mol. The number of fused-ring (bicyclic) bond motifs is 1. The number of rotatable bonds is 5. The van der Waals surface area contributed by atoms with E-state index in [4.69, 9.17) is 0 Å². The molecule has 3 aromatic rings. The van der Waals surface area contributed by atoms with Gasteiger partial charge in [-0.25, -0.2) is 4.98 Å². The normalized spacial score (nSPS) is 19.6. The van der Waals surface area contributed by atoms with Crippen molar-refractivity contribution in [1.82, 2.24) is 14.3 Å². The average Bonchev–Trinajstić information content (AvgIpc) is 3.33. The molecule has 2 aliphatic rings. The highest BCUT2D eigenvalue weighted by Crippen LogP contribution is 2.41. The third-order valence-corrected chi connectivity index (χ3v) is 6.13. The van der Waals surface area contributed by atoms with Crippen LogP contribution in [0.3, 0.4) is 0 Å². The Bertz CT molecular complexity index is 1010. The first-order chi connectivity index (χ1) is 13.2. The lowest BCUT2D eigenvalue weighted by Crippen LogP contribution is -2.17. The van der Waals surface area contributed by atoms with Crippen molar-refractivity contribution >= 4 is 5.52 Å². The van der Waals surface area contributed by atoms with Crippen molar-refractivity contribution in [1.29, 1.82) is 0 Å². The first-order valence-electron chi connectivity index (χ1n) is 9.86. The van der Waals surface area contributed by atoms with Crippen molar-refractivity contribution < 1.29 is 0 Å². The minimum Gasteiger partial charge on any atom is -0.371 e. The molecule has 3 heterocycles. The molecule has 2 aromatic heterocycles. The molecule has 0 spiro atoms. The summed E-state index contributed by atoms with van der Waals surface area (Å²) in [5.41, 5.74) is 7.68. The molecule has 136 valence electrons. The van der Waals surface area contributed by atoms with Crippen molar-refractivity contribution in [3.63, 3.8) is 0 Å². The van der Waals surface area contributed by atoms with E-state index in [0.29, 0.717) is 5.92 Å². The Kier molecular flexibility index (Phi) is 3.89. The minimum absolute atomic E-state index is 0.513. The van der Waals surface area contributed by atoms with E-state index in [0.717, 1.165) is 31.1 Å². The Morgan fingerprint density at radius 2 is 1.89 bits per heavy atom. The van der Waals surface area contributed by atoms with Crippen LogP contribution in [0.2, 0.25) is 0 Å². The fraction of sp³-hybridized carbons (Fsp3) is 0.292. The molecule has 3 heteroatoms. The molecule has 1 saturated heterocycles. The summed E-state index contributed by atoms with van der Waals surface area (Å²) in [7, 11) is 0. The Morgan fingerprint density at radius 3 is 2.63 bits per heavy atom. The molecule has 3 nitrogen and oxygen atoms in total. The topological polar surface area (TPSA) is 20.5 Å². The lowest BCUT2D eigenvalue weighted by Gasteiger charge is -2.18. The molecule has 1 saturated carbocycles. The molecular formula is C24H25N3. The second kappa shape index (κ2) is 6.41. The van der Waals surface area contributed by atoms with Gasteiger partial charge in [-0.15, -0.1) is 0 Å². The third kappa shape index (κ3) is 2.87. The van der Waals surface area contributed by atoms with Gasteiger partial charge in [0.2, 0.25) is 0 Å². The first-order valence-corrected chi connectivity index (χ1v) is 9.86. The Balaban J connectivity index is 1.53. The van der Waals surface area contributed by atoms with Gasteiger partial charge in [0.1, 0.15) is 0 Å². The van der Waals surface area contributed by atoms with Crippen LogP contribution < -0.4 is 0 Å². The SMILES string of the molecule is C=CC(=C)N1CCC(c2cc(-c3ccc(C4CC4)cc3)n3cnccc23)C1. The van der Waals surface area contributed by atoms with Crippen molar-refractivity contribution in [2.24, 2.45) is 0 Å². The number of aromatic nitrogens is 2. The molecular weight excluding hydrogens is 330 g/mol. The van der Waals surface area contributed by atoms with Crippen molar-refractivity contribution in [3.05, 3.63) is 85.0 Å². The summed E-state index contributed by atoms with van der Waals surface area (Å²) in [4.78, 5) is 6.72. The van der Waals surface area contributed by atoms with Crippen LogP contribution in [0.1, 0.15) is 42.2 Å². The summed E-state index contributed by atoms with van der Waals surface area (Å²) in [5.74, 6) is 1.31. The van der Waals surface area contributed by atoms with Gasteiger partial charge in [0, 0.05) is 30.9 Å². The highest BCUT2D eigenvalue weighted by molar-refractivity contribution is 5.72. The maximum Gasteiger partial charge on any atom is 0.0995 e. The molecule has 2 fully saturated rings. The highest BCUT2D eigenvalue weighted by atomic mass is 15.2. The third-order valence-electron chi connectivity index (χ3n) is 6.13. The molecule has 1 aromatic carbocycles. The van der Waals surface area contributed by atoms with Gasteiger partial charge in [-0.2, -0.15) is 0 Å². The molecule has 0 radical (unpaired) electrons. The smallest absolute Gasteiger partial charge is 0.0995 e. The van der Waals surface area contributed by atoms with E-state index in [1.54, 1.807) is 0 Å². The van der Waals surface area contributed by atoms with Crippen LogP contribution in [0.25, 0.3) is 16.8 Å². The summed E-state index contributed by atoms with van der Waals surface area (Å²) < 4.78 is 2.24. The number of hydrogen-bond acceptors (Lipinski definition) is 2. The number of nitrogens with zero attached hydrogens (tertiary/aromatic N) is 3. The molecule has 27 heavy (non-hydrogen) atoms. The second-order valence-corrected chi connectivity index (χ2v) is 7.84. The Morgan fingerprint density at radius 1 is 1.07 bits per heavy atom. The molecule has 1 aliphatic heterocycles. The van der Waals surface area contributed by atoms with Crippen molar-refractivity contribution in [2.75, 3.05) is 13.1 Å². The second-order valence-electron chi connectivity index (χ2n) is 7.84. The van der Waals surface area contributed by atoms with E-state index >= 15 is 0 Å². The summed E-state index contributed by atoms with van der Waals surface area (Å²) in [5, 5.41) is 0. The van der Waals surface area contributed by atoms with Gasteiger partial charge in [-0.3, -0.25) is 0 Å². The zero-order valence-corrected chi connectivity index (χ0v) is 15.6. The monoisotopic (exact) mass is 355 g/mol. The summed E-state index contributed by atoms with van der Waals surface area (Å²) >= 11 is 0. The maximum atomic E-state index is 4.38. The van der Waals surface area contributed by atoms with Crippen LogP contribution in [0, 0.1) is 0 Å². The van der Waals surface area contributed by atoms with Crippen LogP contribution in [0.15, 0.2) is 73.9 Å². The zero-order chi connectivity index (χ0) is 18.4. The summed E-state index contributed by atoms with van der Waals surface area (Å²) in [6.07, 6.45) is 9.53. The quantitative estimate of drug-likeness (QED) is 0.574. The number of hydrogen-bond donors (Lipinski definition) is 0. The molecule has 0 amide bonds. The number of likely N-dealkylation sites (tertiary alicyclic amines) is 1. The molecule has 0 bridgehead atoms. The maximum absolute atomic E-state index is 4.38. The predicted octanol–water partition coefficient (Wildman–Crippen LogP) is 5.37. The van der Waals surface area contributed by atoms with Gasteiger partial charge in [-0.1, -0.05) is 37.4 Å². The molecule has 1 unspecified atom stereocenters. The Hall–Kier alpha value is -2.81. The zero-order valence-electron chi connectivity index (χ0n) is 15.6. The lowest BCUT2D eigenvalue weighted by molar-refractivity contribution is 0.436. The Labute approximate surface area is 160 Å².